The van der Waals surface area contributed by atoms with Crippen LogP contribution in [0.1, 0.15) is 32.6 Å². The fourth-order valence-corrected chi connectivity index (χ4v) is 6.14. The van der Waals surface area contributed by atoms with Crippen LogP contribution in [-0.2, 0) is 27.8 Å². The summed E-state index contributed by atoms with van der Waals surface area (Å²) in [5.41, 5.74) is 5.32. The van der Waals surface area contributed by atoms with E-state index in [4.69, 9.17) is 5.14 Å². The number of hydrogen-bond donors (Lipinski definition) is 2. The zero-order valence-corrected chi connectivity index (χ0v) is 24.0. The number of benzene rings is 4. The number of para-hydroxylation sites is 1. The van der Waals surface area contributed by atoms with Gasteiger partial charge in [-0.05, 0) is 72.5 Å². The van der Waals surface area contributed by atoms with Gasteiger partial charge in [-0.25, -0.2) is 13.6 Å². The largest absolute Gasteiger partial charge is 0.352 e. The van der Waals surface area contributed by atoms with Crippen molar-refractivity contribution in [2.24, 2.45) is 5.14 Å². The Balaban J connectivity index is 1.25. The van der Waals surface area contributed by atoms with Gasteiger partial charge in [0.15, 0.2) is 0 Å². The molecule has 5 rings (SSSR count). The number of rotatable bonds is 8. The number of amides is 2. The standard InChI is InChI=1S/C32H29N3O4S2/c1-22-5-4-6-25(19-22)21-35-28-7-2-3-8-29(28)40-30(32(35)37)20-24-9-13-26(14-10-24)31(36)34-18-17-23-11-15-27(16-12-23)41(33,38)39/h2-16,19-20H,17-18,21H2,1H3,(H,34,36)(H2,33,38,39). The number of carbonyl (C=O) groups excluding carboxylic acids is 2. The van der Waals surface area contributed by atoms with Gasteiger partial charge in [0.25, 0.3) is 11.8 Å². The lowest BCUT2D eigenvalue weighted by Gasteiger charge is -2.30. The summed E-state index contributed by atoms with van der Waals surface area (Å²) in [6.07, 6.45) is 2.40. The van der Waals surface area contributed by atoms with Gasteiger partial charge in [-0.15, -0.1) is 0 Å². The van der Waals surface area contributed by atoms with Crippen molar-refractivity contribution in [2.75, 3.05) is 11.4 Å². The van der Waals surface area contributed by atoms with Gasteiger partial charge < -0.3 is 10.2 Å². The number of fused-ring (bicyclic) bond motifs is 1. The molecule has 1 aliphatic rings. The van der Waals surface area contributed by atoms with Crippen LogP contribution in [0.2, 0.25) is 0 Å². The van der Waals surface area contributed by atoms with E-state index in [1.807, 2.05) is 72.5 Å². The lowest BCUT2D eigenvalue weighted by Crippen LogP contribution is -2.33. The Morgan fingerprint density at radius 2 is 1.66 bits per heavy atom. The Bertz CT molecular complexity index is 1730. The van der Waals surface area contributed by atoms with Crippen molar-refractivity contribution in [2.45, 2.75) is 29.7 Å². The molecule has 0 saturated carbocycles. The lowest BCUT2D eigenvalue weighted by molar-refractivity contribution is -0.114. The summed E-state index contributed by atoms with van der Waals surface area (Å²) < 4.78 is 22.8. The van der Waals surface area contributed by atoms with Crippen molar-refractivity contribution in [3.63, 3.8) is 0 Å². The molecule has 2 amide bonds. The molecule has 0 fully saturated rings. The second kappa shape index (κ2) is 12.1. The molecule has 0 spiro atoms. The zero-order chi connectivity index (χ0) is 29.0. The van der Waals surface area contributed by atoms with Gasteiger partial charge in [0.1, 0.15) is 0 Å². The Morgan fingerprint density at radius 1 is 0.927 bits per heavy atom. The summed E-state index contributed by atoms with van der Waals surface area (Å²) in [7, 11) is -3.73. The van der Waals surface area contributed by atoms with Crippen molar-refractivity contribution in [1.29, 1.82) is 0 Å². The summed E-state index contributed by atoms with van der Waals surface area (Å²) in [6.45, 7) is 2.91. The molecular formula is C32H29N3O4S2. The molecule has 208 valence electrons. The second-order valence-corrected chi connectivity index (χ2v) is 12.4. The average Bonchev–Trinajstić information content (AvgIpc) is 2.95. The monoisotopic (exact) mass is 583 g/mol. The summed E-state index contributed by atoms with van der Waals surface area (Å²) >= 11 is 1.45. The molecule has 1 aliphatic heterocycles. The summed E-state index contributed by atoms with van der Waals surface area (Å²) in [4.78, 5) is 29.8. The number of carbonyl (C=O) groups is 2. The molecule has 4 aromatic carbocycles. The van der Waals surface area contributed by atoms with Crippen molar-refractivity contribution in [1.82, 2.24) is 5.32 Å². The molecule has 41 heavy (non-hydrogen) atoms. The molecule has 0 aromatic heterocycles. The van der Waals surface area contributed by atoms with Crippen molar-refractivity contribution in [3.8, 4) is 0 Å². The highest BCUT2D eigenvalue weighted by Gasteiger charge is 2.29. The van der Waals surface area contributed by atoms with Crippen LogP contribution in [0.25, 0.3) is 6.08 Å². The van der Waals surface area contributed by atoms with Gasteiger partial charge in [-0.1, -0.05) is 78.0 Å². The highest BCUT2D eigenvalue weighted by Crippen LogP contribution is 2.42. The molecule has 0 saturated heterocycles. The van der Waals surface area contributed by atoms with Crippen LogP contribution >= 0.6 is 11.8 Å². The van der Waals surface area contributed by atoms with E-state index in [0.29, 0.717) is 30.0 Å². The fraction of sp³-hybridized carbons (Fsp3) is 0.125. The third kappa shape index (κ3) is 6.94. The highest BCUT2D eigenvalue weighted by atomic mass is 32.2. The maximum atomic E-state index is 13.6. The lowest BCUT2D eigenvalue weighted by atomic mass is 10.1. The molecular weight excluding hydrogens is 555 g/mol. The maximum absolute atomic E-state index is 13.6. The fourth-order valence-electron chi connectivity index (χ4n) is 4.56. The zero-order valence-electron chi connectivity index (χ0n) is 22.4. The van der Waals surface area contributed by atoms with E-state index in [1.54, 1.807) is 24.3 Å². The third-order valence-corrected chi connectivity index (χ3v) is 8.68. The Morgan fingerprint density at radius 3 is 2.37 bits per heavy atom. The van der Waals surface area contributed by atoms with Crippen molar-refractivity contribution < 1.29 is 18.0 Å². The smallest absolute Gasteiger partial charge is 0.265 e. The minimum absolute atomic E-state index is 0.0527. The first kappa shape index (κ1) is 28.4. The number of sulfonamides is 1. The number of hydrogen-bond acceptors (Lipinski definition) is 5. The summed E-state index contributed by atoms with van der Waals surface area (Å²) in [5, 5.41) is 8.01. The van der Waals surface area contributed by atoms with Crippen LogP contribution in [0.15, 0.2) is 112 Å². The molecule has 9 heteroatoms. The molecule has 0 atom stereocenters. The topological polar surface area (TPSA) is 110 Å². The number of nitrogens with one attached hydrogen (secondary N) is 1. The Hall–Kier alpha value is -4.18. The number of anilines is 1. The third-order valence-electron chi connectivity index (χ3n) is 6.68. The minimum atomic E-state index is -3.73. The quantitative estimate of drug-likeness (QED) is 0.274. The van der Waals surface area contributed by atoms with Crippen molar-refractivity contribution >= 4 is 45.4 Å². The van der Waals surface area contributed by atoms with Crippen molar-refractivity contribution in [3.05, 3.63) is 130 Å². The molecule has 0 radical (unpaired) electrons. The Labute approximate surface area is 244 Å². The summed E-state index contributed by atoms with van der Waals surface area (Å²) in [5.74, 6) is -0.277. The van der Waals surface area contributed by atoms with Crippen LogP contribution in [-0.4, -0.2) is 26.8 Å². The van der Waals surface area contributed by atoms with E-state index in [-0.39, 0.29) is 16.7 Å². The first-order valence-corrected chi connectivity index (χ1v) is 15.4. The molecule has 0 aliphatic carbocycles. The van der Waals surface area contributed by atoms with Gasteiger partial charge in [-0.3, -0.25) is 9.59 Å². The number of thioether (sulfide) groups is 1. The highest BCUT2D eigenvalue weighted by molar-refractivity contribution is 8.04. The van der Waals surface area contributed by atoms with Crippen LogP contribution in [0, 0.1) is 6.92 Å². The van der Waals surface area contributed by atoms with Gasteiger partial charge in [0.2, 0.25) is 10.0 Å². The number of aryl methyl sites for hydroxylation is 1. The number of nitrogens with zero attached hydrogens (tertiary/aromatic N) is 1. The van der Waals surface area contributed by atoms with E-state index in [0.717, 1.165) is 32.8 Å². The first-order chi connectivity index (χ1) is 19.7. The van der Waals surface area contributed by atoms with Crippen LogP contribution < -0.4 is 15.4 Å². The van der Waals surface area contributed by atoms with E-state index in [9.17, 15) is 18.0 Å². The normalized spacial score (nSPS) is 14.1. The average molecular weight is 584 g/mol. The van der Waals surface area contributed by atoms with E-state index in [1.165, 1.54) is 23.9 Å². The first-order valence-electron chi connectivity index (χ1n) is 13.0. The molecule has 4 aromatic rings. The van der Waals surface area contributed by atoms with E-state index in [2.05, 4.69) is 11.4 Å². The number of nitrogens with two attached hydrogens (primary N) is 1. The van der Waals surface area contributed by atoms with Crippen LogP contribution in [0.5, 0.6) is 0 Å². The van der Waals surface area contributed by atoms with E-state index >= 15 is 0 Å². The molecule has 3 N–H and O–H groups in total. The van der Waals surface area contributed by atoms with Crippen LogP contribution in [0.4, 0.5) is 5.69 Å². The second-order valence-electron chi connectivity index (χ2n) is 9.78. The minimum Gasteiger partial charge on any atom is -0.352 e. The molecule has 0 unspecified atom stereocenters. The molecule has 1 heterocycles. The SMILES string of the molecule is Cc1cccc(CN2C(=O)C(=Cc3ccc(C(=O)NCCc4ccc(S(N)(=O)=O)cc4)cc3)Sc3ccccc32)c1. The van der Waals surface area contributed by atoms with Gasteiger partial charge >= 0.3 is 0 Å². The van der Waals surface area contributed by atoms with Crippen LogP contribution in [0.3, 0.4) is 0 Å². The Kier molecular flexibility index (Phi) is 8.39. The van der Waals surface area contributed by atoms with Gasteiger partial charge in [0, 0.05) is 17.0 Å². The van der Waals surface area contributed by atoms with Gasteiger partial charge in [0.05, 0.1) is 22.0 Å². The summed E-state index contributed by atoms with van der Waals surface area (Å²) in [6, 6.07) is 29.5. The maximum Gasteiger partial charge on any atom is 0.265 e. The predicted molar refractivity (Wildman–Crippen MR) is 163 cm³/mol. The molecule has 0 bridgehead atoms. The van der Waals surface area contributed by atoms with Gasteiger partial charge in [-0.2, -0.15) is 0 Å². The number of primary sulfonamides is 1. The molecule has 7 nitrogen and oxygen atoms in total. The predicted octanol–water partition coefficient (Wildman–Crippen LogP) is 5.29. The van der Waals surface area contributed by atoms with E-state index < -0.39 is 10.0 Å².